The highest BCUT2D eigenvalue weighted by atomic mass is 32.1. The summed E-state index contributed by atoms with van der Waals surface area (Å²) in [5, 5.41) is 12.4. The van der Waals surface area contributed by atoms with Crippen molar-refractivity contribution in [2.75, 3.05) is 5.73 Å². The zero-order chi connectivity index (χ0) is 19.7. The number of amides is 1. The minimum Gasteiger partial charge on any atom is -0.393 e. The van der Waals surface area contributed by atoms with Gasteiger partial charge in [-0.1, -0.05) is 17.4 Å². The van der Waals surface area contributed by atoms with Crippen LogP contribution in [-0.4, -0.2) is 30.5 Å². The summed E-state index contributed by atoms with van der Waals surface area (Å²) in [7, 11) is 0. The van der Waals surface area contributed by atoms with Crippen LogP contribution in [0.1, 0.15) is 35.0 Å². The zero-order valence-electron chi connectivity index (χ0n) is 15.1. The summed E-state index contributed by atoms with van der Waals surface area (Å²) in [6.07, 6.45) is 7.93. The number of nitrogens with one attached hydrogen (secondary N) is 1. The molecule has 3 aromatic rings. The number of imidazole rings is 1. The molecule has 1 saturated carbocycles. The third-order valence-corrected chi connectivity index (χ3v) is 5.12. The van der Waals surface area contributed by atoms with Gasteiger partial charge in [0.05, 0.1) is 18.8 Å². The van der Waals surface area contributed by atoms with E-state index in [1.807, 2.05) is 16.7 Å². The highest BCUT2D eigenvalue weighted by molar-refractivity contribution is 7.15. The molecule has 7 N–H and O–H groups in total. The third-order valence-electron chi connectivity index (χ3n) is 4.37. The van der Waals surface area contributed by atoms with Gasteiger partial charge in [0.25, 0.3) is 5.91 Å². The average molecular weight is 399 g/mol. The number of anilines is 1. The summed E-state index contributed by atoms with van der Waals surface area (Å²) in [5.74, 6) is 6.20. The van der Waals surface area contributed by atoms with Gasteiger partial charge in [-0.15, -0.1) is 10.2 Å². The fraction of sp³-hybridized carbons (Fsp3) is 0.294. The van der Waals surface area contributed by atoms with Gasteiger partial charge in [0.2, 0.25) is 5.13 Å². The normalized spacial score (nSPS) is 14.4. The molecular weight excluding hydrogens is 378 g/mol. The molecule has 3 heterocycles. The first-order valence-electron chi connectivity index (χ1n) is 8.80. The molecule has 0 saturated heterocycles. The molecule has 11 heteroatoms. The molecular formula is C17H21N9OS. The first kappa shape index (κ1) is 18.2. The van der Waals surface area contributed by atoms with E-state index in [4.69, 9.17) is 17.3 Å². The minimum absolute atomic E-state index is 0.0141. The molecule has 1 amide bonds. The van der Waals surface area contributed by atoms with E-state index in [2.05, 4.69) is 32.8 Å². The van der Waals surface area contributed by atoms with Crippen molar-refractivity contribution < 1.29 is 4.79 Å². The van der Waals surface area contributed by atoms with Crippen LogP contribution in [0.4, 0.5) is 5.13 Å². The van der Waals surface area contributed by atoms with Crippen molar-refractivity contribution in [3.05, 3.63) is 52.7 Å². The van der Waals surface area contributed by atoms with E-state index in [1.165, 1.54) is 41.0 Å². The van der Waals surface area contributed by atoms with Crippen LogP contribution in [0.2, 0.25) is 0 Å². The highest BCUT2D eigenvalue weighted by Gasteiger charge is 2.23. The topological polar surface area (TPSA) is 153 Å². The molecule has 0 unspecified atom stereocenters. The molecule has 0 atom stereocenters. The summed E-state index contributed by atoms with van der Waals surface area (Å²) in [6.45, 7) is 0.518. The molecule has 0 aliphatic heterocycles. The number of carbonyl (C=O) groups excluding carboxylic acids is 1. The lowest BCUT2D eigenvalue weighted by atomic mass is 10.2. The number of rotatable bonds is 7. The number of carbonyl (C=O) groups is 1. The third kappa shape index (κ3) is 4.21. The van der Waals surface area contributed by atoms with Gasteiger partial charge in [-0.25, -0.2) is 10.8 Å². The number of hydrazine groups is 1. The van der Waals surface area contributed by atoms with Crippen molar-refractivity contribution in [2.45, 2.75) is 31.8 Å². The van der Waals surface area contributed by atoms with E-state index in [-0.39, 0.29) is 12.2 Å². The molecule has 3 aromatic heterocycles. The summed E-state index contributed by atoms with van der Waals surface area (Å²) < 4.78 is 2.00. The quantitative estimate of drug-likeness (QED) is 0.253. The van der Waals surface area contributed by atoms with Gasteiger partial charge in [-0.3, -0.25) is 4.79 Å². The van der Waals surface area contributed by atoms with E-state index in [9.17, 15) is 4.79 Å². The SMILES string of the molecule is N/C(=C\N(N)Cc1cn2cc(C3CC3)ccc2n1)C(=O)NCc1nnc(N)s1. The van der Waals surface area contributed by atoms with Crippen molar-refractivity contribution in [2.24, 2.45) is 11.6 Å². The Bertz CT molecular complexity index is 1040. The second-order valence-corrected chi connectivity index (χ2v) is 7.80. The predicted octanol–water partition coefficient (Wildman–Crippen LogP) is 0.438. The zero-order valence-corrected chi connectivity index (χ0v) is 15.9. The molecule has 4 rings (SSSR count). The van der Waals surface area contributed by atoms with E-state index >= 15 is 0 Å². The summed E-state index contributed by atoms with van der Waals surface area (Å²) in [5.41, 5.74) is 14.3. The van der Waals surface area contributed by atoms with E-state index in [0.717, 1.165) is 11.3 Å². The largest absolute Gasteiger partial charge is 0.393 e. The molecule has 1 fully saturated rings. The number of nitrogens with zero attached hydrogens (tertiary/aromatic N) is 5. The maximum atomic E-state index is 12.1. The summed E-state index contributed by atoms with van der Waals surface area (Å²) in [6, 6.07) is 4.13. The van der Waals surface area contributed by atoms with Crippen LogP contribution in [0.3, 0.4) is 0 Å². The van der Waals surface area contributed by atoms with E-state index in [1.54, 1.807) is 0 Å². The van der Waals surface area contributed by atoms with Crippen LogP contribution >= 0.6 is 11.3 Å². The van der Waals surface area contributed by atoms with Crippen molar-refractivity contribution >= 4 is 28.0 Å². The van der Waals surface area contributed by atoms with E-state index in [0.29, 0.717) is 22.6 Å². The van der Waals surface area contributed by atoms with Crippen molar-refractivity contribution in [3.8, 4) is 0 Å². The number of hydrogen-bond donors (Lipinski definition) is 4. The fourth-order valence-corrected chi connectivity index (χ4v) is 3.41. The number of aromatic nitrogens is 4. The molecule has 10 nitrogen and oxygen atoms in total. The Morgan fingerprint density at radius 3 is 2.89 bits per heavy atom. The number of nitrogen functional groups attached to an aromatic ring is 1. The maximum Gasteiger partial charge on any atom is 0.269 e. The van der Waals surface area contributed by atoms with Crippen molar-refractivity contribution in [1.29, 1.82) is 0 Å². The van der Waals surface area contributed by atoms with Crippen molar-refractivity contribution in [3.63, 3.8) is 0 Å². The van der Waals surface area contributed by atoms with Gasteiger partial charge in [0, 0.05) is 18.6 Å². The Morgan fingerprint density at radius 2 is 2.18 bits per heavy atom. The predicted molar refractivity (Wildman–Crippen MR) is 105 cm³/mol. The molecule has 146 valence electrons. The smallest absolute Gasteiger partial charge is 0.269 e. The molecule has 0 radical (unpaired) electrons. The van der Waals surface area contributed by atoms with Crippen molar-refractivity contribution in [1.82, 2.24) is 29.9 Å². The minimum atomic E-state index is -0.451. The van der Waals surface area contributed by atoms with Crippen LogP contribution in [0.15, 0.2) is 36.4 Å². The maximum absolute atomic E-state index is 12.1. The summed E-state index contributed by atoms with van der Waals surface area (Å²) in [4.78, 5) is 16.6. The van der Waals surface area contributed by atoms with Gasteiger partial charge in [0.15, 0.2) is 0 Å². The lowest BCUT2D eigenvalue weighted by molar-refractivity contribution is -0.117. The first-order chi connectivity index (χ1) is 13.5. The monoisotopic (exact) mass is 399 g/mol. The lowest BCUT2D eigenvalue weighted by Gasteiger charge is -2.13. The molecule has 0 spiro atoms. The number of pyridine rings is 1. The Hall–Kier alpha value is -3.18. The van der Waals surface area contributed by atoms with Gasteiger partial charge in [-0.2, -0.15) is 0 Å². The first-order valence-corrected chi connectivity index (χ1v) is 9.62. The second-order valence-electron chi connectivity index (χ2n) is 6.71. The molecule has 0 bridgehead atoms. The Balaban J connectivity index is 1.36. The molecule has 28 heavy (non-hydrogen) atoms. The highest BCUT2D eigenvalue weighted by Crippen LogP contribution is 2.39. The Morgan fingerprint density at radius 1 is 1.36 bits per heavy atom. The van der Waals surface area contributed by atoms with Gasteiger partial charge in [-0.05, 0) is 30.4 Å². The van der Waals surface area contributed by atoms with Crippen LogP contribution in [-0.2, 0) is 17.9 Å². The van der Waals surface area contributed by atoms with Crippen LogP contribution in [0.5, 0.6) is 0 Å². The molecule has 0 aromatic carbocycles. The standard InChI is InChI=1S/C17H21N9OS/c18-13(16(27)21-5-15-23-24-17(19)28-15)9-26(20)8-12-7-25-6-11(10-1-2-10)3-4-14(25)22-12/h3-4,6-7,9-10H,1-2,5,8,18,20H2,(H2,19,24)(H,21,27)/b13-9-. The van der Waals surface area contributed by atoms with Gasteiger partial charge in [0.1, 0.15) is 16.4 Å². The van der Waals surface area contributed by atoms with Crippen LogP contribution < -0.4 is 22.6 Å². The van der Waals surface area contributed by atoms with Gasteiger partial charge >= 0.3 is 0 Å². The van der Waals surface area contributed by atoms with Gasteiger partial charge < -0.3 is 26.2 Å². The second kappa shape index (κ2) is 7.44. The number of fused-ring (bicyclic) bond motifs is 1. The molecule has 1 aliphatic rings. The van der Waals surface area contributed by atoms with Crippen LogP contribution in [0, 0.1) is 0 Å². The number of hydrogen-bond acceptors (Lipinski definition) is 9. The molecule has 1 aliphatic carbocycles. The fourth-order valence-electron chi connectivity index (χ4n) is 2.86. The van der Waals surface area contributed by atoms with Crippen LogP contribution in [0.25, 0.3) is 5.65 Å². The Labute approximate surface area is 165 Å². The lowest BCUT2D eigenvalue weighted by Crippen LogP contribution is -2.32. The summed E-state index contributed by atoms with van der Waals surface area (Å²) >= 11 is 1.20. The number of nitrogens with two attached hydrogens (primary N) is 3. The average Bonchev–Trinajstić information content (AvgIpc) is 3.31. The van der Waals surface area contributed by atoms with E-state index < -0.39 is 5.91 Å². The Kier molecular flexibility index (Phi) is 4.84.